The lowest BCUT2D eigenvalue weighted by molar-refractivity contribution is -0.118. The highest BCUT2D eigenvalue weighted by atomic mass is 32.2. The van der Waals surface area contributed by atoms with Gasteiger partial charge in [0.2, 0.25) is 10.0 Å². The van der Waals surface area contributed by atoms with Crippen LogP contribution in [0.3, 0.4) is 0 Å². The van der Waals surface area contributed by atoms with E-state index in [4.69, 9.17) is 4.74 Å². The fraction of sp³-hybridized carbons (Fsp3) is 0.350. The van der Waals surface area contributed by atoms with E-state index in [0.717, 1.165) is 5.69 Å². The van der Waals surface area contributed by atoms with Gasteiger partial charge in [0.05, 0.1) is 10.6 Å². The lowest BCUT2D eigenvalue weighted by Gasteiger charge is -2.36. The minimum absolute atomic E-state index is 0.0561. The van der Waals surface area contributed by atoms with Crippen LogP contribution in [0.15, 0.2) is 41.3 Å². The van der Waals surface area contributed by atoms with Crippen molar-refractivity contribution in [1.82, 2.24) is 4.31 Å². The van der Waals surface area contributed by atoms with Crippen molar-refractivity contribution < 1.29 is 17.9 Å². The minimum atomic E-state index is -3.64. The molecule has 7 nitrogen and oxygen atoms in total. The number of hydrogen-bond acceptors (Lipinski definition) is 5. The average Bonchev–Trinajstić information content (AvgIpc) is 2.69. The van der Waals surface area contributed by atoms with Crippen molar-refractivity contribution >= 4 is 27.3 Å². The summed E-state index contributed by atoms with van der Waals surface area (Å²) in [6.45, 7) is 6.16. The number of aryl methyl sites for hydroxylation is 2. The molecule has 0 aliphatic carbocycles. The van der Waals surface area contributed by atoms with Crippen LogP contribution in [-0.2, 0) is 14.8 Å². The molecular formula is C20H23N3O4S. The van der Waals surface area contributed by atoms with Crippen molar-refractivity contribution in [3.63, 3.8) is 0 Å². The molecule has 0 aromatic heterocycles. The molecule has 0 bridgehead atoms. The van der Waals surface area contributed by atoms with Crippen LogP contribution in [0.1, 0.15) is 11.1 Å². The number of piperazine rings is 1. The van der Waals surface area contributed by atoms with Gasteiger partial charge in [-0.25, -0.2) is 8.42 Å². The summed E-state index contributed by atoms with van der Waals surface area (Å²) in [5.74, 6) is 0.197. The van der Waals surface area contributed by atoms with Gasteiger partial charge in [-0.3, -0.25) is 4.79 Å². The standard InChI is InChI=1S/C20H23N3O4S/c1-14-3-4-15(2)18(11-14)22-7-9-23(10-8-22)28(25,26)16-5-6-19-17(12-16)21-20(24)13-27-19/h3-6,11-12H,7-10,13H2,1-2H3,(H,21,24). The summed E-state index contributed by atoms with van der Waals surface area (Å²) in [7, 11) is -3.64. The monoisotopic (exact) mass is 401 g/mol. The second-order valence-corrected chi connectivity index (χ2v) is 9.11. The number of benzene rings is 2. The number of hydrogen-bond donors (Lipinski definition) is 1. The number of nitrogens with one attached hydrogen (secondary N) is 1. The molecule has 2 aliphatic rings. The number of fused-ring (bicyclic) bond motifs is 1. The summed E-state index contributed by atoms with van der Waals surface area (Å²) in [6.07, 6.45) is 0. The third-order valence-electron chi connectivity index (χ3n) is 5.17. The van der Waals surface area contributed by atoms with E-state index in [-0.39, 0.29) is 17.4 Å². The van der Waals surface area contributed by atoms with Crippen LogP contribution in [0.4, 0.5) is 11.4 Å². The van der Waals surface area contributed by atoms with Gasteiger partial charge < -0.3 is 15.0 Å². The van der Waals surface area contributed by atoms with Gasteiger partial charge in [0.1, 0.15) is 5.75 Å². The number of nitrogens with zero attached hydrogens (tertiary/aromatic N) is 2. The maximum Gasteiger partial charge on any atom is 0.262 e. The zero-order chi connectivity index (χ0) is 19.9. The van der Waals surface area contributed by atoms with Gasteiger partial charge in [-0.15, -0.1) is 0 Å². The van der Waals surface area contributed by atoms with Gasteiger partial charge in [-0.05, 0) is 49.2 Å². The molecule has 1 saturated heterocycles. The molecule has 8 heteroatoms. The molecule has 2 aromatic rings. The van der Waals surface area contributed by atoms with Crippen LogP contribution in [0, 0.1) is 13.8 Å². The van der Waals surface area contributed by atoms with Gasteiger partial charge in [-0.2, -0.15) is 4.31 Å². The van der Waals surface area contributed by atoms with Crippen LogP contribution < -0.4 is 15.0 Å². The number of sulfonamides is 1. The van der Waals surface area contributed by atoms with Crippen LogP contribution in [-0.4, -0.2) is 51.4 Å². The van der Waals surface area contributed by atoms with E-state index in [9.17, 15) is 13.2 Å². The number of carbonyl (C=O) groups excluding carboxylic acids is 1. The zero-order valence-electron chi connectivity index (χ0n) is 15.9. The molecule has 0 atom stereocenters. The van der Waals surface area contributed by atoms with Crippen LogP contribution >= 0.6 is 0 Å². The largest absolute Gasteiger partial charge is 0.482 e. The Bertz CT molecular complexity index is 1030. The van der Waals surface area contributed by atoms with Crippen LogP contribution in [0.5, 0.6) is 5.75 Å². The Kier molecular flexibility index (Phi) is 4.76. The SMILES string of the molecule is Cc1ccc(C)c(N2CCN(S(=O)(=O)c3ccc4c(c3)NC(=O)CO4)CC2)c1. The Balaban J connectivity index is 1.52. The van der Waals surface area contributed by atoms with E-state index in [0.29, 0.717) is 37.6 Å². The lowest BCUT2D eigenvalue weighted by atomic mass is 10.1. The van der Waals surface area contributed by atoms with E-state index in [1.165, 1.54) is 27.6 Å². The Labute approximate surface area is 165 Å². The number of carbonyl (C=O) groups is 1. The molecule has 0 spiro atoms. The van der Waals surface area contributed by atoms with Crippen LogP contribution in [0.2, 0.25) is 0 Å². The van der Waals surface area contributed by atoms with E-state index >= 15 is 0 Å². The predicted octanol–water partition coefficient (Wildman–Crippen LogP) is 2.15. The van der Waals surface area contributed by atoms with Crippen molar-refractivity contribution in [3.05, 3.63) is 47.5 Å². The highest BCUT2D eigenvalue weighted by molar-refractivity contribution is 7.89. The molecule has 2 heterocycles. The number of anilines is 2. The fourth-order valence-corrected chi connectivity index (χ4v) is 5.05. The summed E-state index contributed by atoms with van der Waals surface area (Å²) < 4.78 is 33.0. The lowest BCUT2D eigenvalue weighted by Crippen LogP contribution is -2.48. The number of amides is 1. The Morgan fingerprint density at radius 2 is 1.75 bits per heavy atom. The summed E-state index contributed by atoms with van der Waals surface area (Å²) >= 11 is 0. The fourth-order valence-electron chi connectivity index (χ4n) is 3.60. The van der Waals surface area contributed by atoms with Gasteiger partial charge in [0.25, 0.3) is 5.91 Å². The van der Waals surface area contributed by atoms with Crippen molar-refractivity contribution in [2.24, 2.45) is 0 Å². The third-order valence-corrected chi connectivity index (χ3v) is 7.06. The van der Waals surface area contributed by atoms with Gasteiger partial charge in [0.15, 0.2) is 6.61 Å². The number of ether oxygens (including phenoxy) is 1. The van der Waals surface area contributed by atoms with E-state index in [2.05, 4.69) is 42.3 Å². The van der Waals surface area contributed by atoms with Gasteiger partial charge >= 0.3 is 0 Å². The first kappa shape index (κ1) is 18.8. The Morgan fingerprint density at radius 3 is 2.50 bits per heavy atom. The molecule has 2 aromatic carbocycles. The summed E-state index contributed by atoms with van der Waals surface area (Å²) in [5, 5.41) is 2.66. The van der Waals surface area contributed by atoms with Crippen molar-refractivity contribution in [3.8, 4) is 5.75 Å². The molecule has 1 N–H and O–H groups in total. The second-order valence-electron chi connectivity index (χ2n) is 7.18. The van der Waals surface area contributed by atoms with Gasteiger partial charge in [-0.1, -0.05) is 12.1 Å². The highest BCUT2D eigenvalue weighted by Gasteiger charge is 2.30. The molecule has 0 unspecified atom stereocenters. The molecule has 1 fully saturated rings. The highest BCUT2D eigenvalue weighted by Crippen LogP contribution is 2.32. The molecule has 0 radical (unpaired) electrons. The molecule has 4 rings (SSSR count). The van der Waals surface area contributed by atoms with Crippen LogP contribution in [0.25, 0.3) is 0 Å². The summed E-state index contributed by atoms with van der Waals surface area (Å²) in [5.41, 5.74) is 3.93. The molecule has 2 aliphatic heterocycles. The van der Waals surface area contributed by atoms with Gasteiger partial charge in [0, 0.05) is 31.9 Å². The summed E-state index contributed by atoms with van der Waals surface area (Å²) in [6, 6.07) is 10.9. The van der Waals surface area contributed by atoms with Crippen molar-refractivity contribution in [2.45, 2.75) is 18.7 Å². The number of rotatable bonds is 3. The first-order chi connectivity index (χ1) is 13.3. The van der Waals surface area contributed by atoms with Crippen molar-refractivity contribution in [1.29, 1.82) is 0 Å². The third kappa shape index (κ3) is 3.45. The zero-order valence-corrected chi connectivity index (χ0v) is 16.8. The predicted molar refractivity (Wildman–Crippen MR) is 107 cm³/mol. The van der Waals surface area contributed by atoms with E-state index in [1.54, 1.807) is 6.07 Å². The first-order valence-corrected chi connectivity index (χ1v) is 10.7. The molecule has 28 heavy (non-hydrogen) atoms. The Morgan fingerprint density at radius 1 is 1.00 bits per heavy atom. The normalized spacial score (nSPS) is 17.6. The van der Waals surface area contributed by atoms with Crippen molar-refractivity contribution in [2.75, 3.05) is 43.0 Å². The molecule has 0 saturated carbocycles. The first-order valence-electron chi connectivity index (χ1n) is 9.24. The molecular weight excluding hydrogens is 378 g/mol. The molecule has 148 valence electrons. The van der Waals surface area contributed by atoms with E-state index < -0.39 is 10.0 Å². The average molecular weight is 401 g/mol. The maximum atomic E-state index is 13.1. The topological polar surface area (TPSA) is 79.0 Å². The molecule has 1 amide bonds. The van der Waals surface area contributed by atoms with E-state index in [1.807, 2.05) is 0 Å². The smallest absolute Gasteiger partial charge is 0.262 e. The minimum Gasteiger partial charge on any atom is -0.482 e. The quantitative estimate of drug-likeness (QED) is 0.853. The summed E-state index contributed by atoms with van der Waals surface area (Å²) in [4.78, 5) is 13.9. The Hall–Kier alpha value is -2.58. The second kappa shape index (κ2) is 7.10. The maximum absolute atomic E-state index is 13.1.